The van der Waals surface area contributed by atoms with Crippen LogP contribution in [0.5, 0.6) is 0 Å². The maximum atomic E-state index is 9.80. The molecule has 9 nitrogen and oxygen atoms in total. The van der Waals surface area contributed by atoms with Gasteiger partial charge in [-0.2, -0.15) is 5.10 Å². The van der Waals surface area contributed by atoms with E-state index >= 15 is 0 Å². The van der Waals surface area contributed by atoms with Gasteiger partial charge in [-0.15, -0.1) is 0 Å². The third-order valence-corrected chi connectivity index (χ3v) is 2.69. The van der Waals surface area contributed by atoms with Crippen molar-refractivity contribution < 1.29 is 25.3 Å². The van der Waals surface area contributed by atoms with Gasteiger partial charge in [-0.1, -0.05) is 6.58 Å². The summed E-state index contributed by atoms with van der Waals surface area (Å²) in [4.78, 5) is 3.84. The SMILES string of the molecule is C=C1N=C(NO)C=NN1[C@@H]1O[C@H](CO)[C@H](O)C1O. The average Bonchev–Trinajstić information content (AvgIpc) is 2.66. The first-order valence-corrected chi connectivity index (χ1v) is 5.22. The van der Waals surface area contributed by atoms with Crippen LogP contribution >= 0.6 is 0 Å². The Morgan fingerprint density at radius 2 is 2.17 bits per heavy atom. The smallest absolute Gasteiger partial charge is 0.181 e. The largest absolute Gasteiger partial charge is 0.394 e. The second-order valence-electron chi connectivity index (χ2n) is 3.84. The number of aliphatic hydroxyl groups is 3. The molecule has 0 bridgehead atoms. The van der Waals surface area contributed by atoms with Crippen LogP contribution in [-0.4, -0.2) is 68.7 Å². The molecule has 18 heavy (non-hydrogen) atoms. The highest BCUT2D eigenvalue weighted by Gasteiger charge is 2.46. The fourth-order valence-electron chi connectivity index (χ4n) is 1.75. The fraction of sp³-hybridized carbons (Fsp3) is 0.556. The highest BCUT2D eigenvalue weighted by molar-refractivity contribution is 6.29. The number of hydrogen-bond donors (Lipinski definition) is 5. The molecule has 0 amide bonds. The van der Waals surface area contributed by atoms with Crippen molar-refractivity contribution in [2.45, 2.75) is 24.5 Å². The first-order valence-electron chi connectivity index (χ1n) is 5.22. The number of hydroxylamine groups is 1. The van der Waals surface area contributed by atoms with E-state index < -0.39 is 31.1 Å². The summed E-state index contributed by atoms with van der Waals surface area (Å²) >= 11 is 0. The Morgan fingerprint density at radius 1 is 1.44 bits per heavy atom. The lowest BCUT2D eigenvalue weighted by Crippen LogP contribution is -2.42. The maximum Gasteiger partial charge on any atom is 0.181 e. The minimum absolute atomic E-state index is 0.0861. The number of hydrazone groups is 1. The summed E-state index contributed by atoms with van der Waals surface area (Å²) < 4.78 is 5.26. The minimum Gasteiger partial charge on any atom is -0.394 e. The summed E-state index contributed by atoms with van der Waals surface area (Å²) in [6.45, 7) is 3.16. The predicted molar refractivity (Wildman–Crippen MR) is 59.6 cm³/mol. The van der Waals surface area contributed by atoms with Crippen LogP contribution in [0.15, 0.2) is 22.5 Å². The van der Waals surface area contributed by atoms with Crippen molar-refractivity contribution in [1.29, 1.82) is 0 Å². The third kappa shape index (κ3) is 2.09. The van der Waals surface area contributed by atoms with Gasteiger partial charge >= 0.3 is 0 Å². The van der Waals surface area contributed by atoms with Gasteiger partial charge in [0.15, 0.2) is 12.1 Å². The van der Waals surface area contributed by atoms with Crippen LogP contribution in [0.4, 0.5) is 0 Å². The summed E-state index contributed by atoms with van der Waals surface area (Å²) in [6, 6.07) is 0. The molecule has 0 aliphatic carbocycles. The normalized spacial score (nSPS) is 35.9. The van der Waals surface area contributed by atoms with E-state index in [1.54, 1.807) is 5.48 Å². The number of aliphatic hydroxyl groups excluding tert-OH is 3. The zero-order valence-electron chi connectivity index (χ0n) is 9.34. The first kappa shape index (κ1) is 12.9. The average molecular weight is 258 g/mol. The van der Waals surface area contributed by atoms with Crippen molar-refractivity contribution in [1.82, 2.24) is 10.5 Å². The van der Waals surface area contributed by atoms with Crippen LogP contribution < -0.4 is 5.48 Å². The van der Waals surface area contributed by atoms with Crippen LogP contribution in [0.3, 0.4) is 0 Å². The van der Waals surface area contributed by atoms with Crippen molar-refractivity contribution in [3.05, 3.63) is 12.4 Å². The van der Waals surface area contributed by atoms with E-state index in [4.69, 9.17) is 15.1 Å². The molecule has 0 saturated carbocycles. The zero-order chi connectivity index (χ0) is 13.3. The molecule has 0 radical (unpaired) electrons. The topological polar surface area (TPSA) is 130 Å². The van der Waals surface area contributed by atoms with Crippen molar-refractivity contribution in [2.24, 2.45) is 10.1 Å². The second-order valence-corrected chi connectivity index (χ2v) is 3.84. The van der Waals surface area contributed by atoms with E-state index in [1.165, 1.54) is 6.21 Å². The summed E-state index contributed by atoms with van der Waals surface area (Å²) in [5.74, 6) is 0.201. The van der Waals surface area contributed by atoms with Gasteiger partial charge in [-0.25, -0.2) is 10.0 Å². The Morgan fingerprint density at radius 3 is 2.67 bits per heavy atom. The standard InChI is InChI=1S/C9H14N4O5/c1-4-11-6(12-17)2-10-13(4)9-8(16)7(15)5(3-14)18-9/h2,5,7-9,14-17H,1,3H2,(H,11,12)/t5-,7+,8?,9-/m1/s1. The van der Waals surface area contributed by atoms with Crippen LogP contribution in [0.2, 0.25) is 0 Å². The molecule has 5 N–H and O–H groups in total. The van der Waals surface area contributed by atoms with E-state index in [9.17, 15) is 10.2 Å². The number of nitrogens with one attached hydrogen (secondary N) is 1. The van der Waals surface area contributed by atoms with E-state index in [-0.39, 0.29) is 11.7 Å². The van der Waals surface area contributed by atoms with Crippen LogP contribution in [0, 0.1) is 0 Å². The molecule has 4 atom stereocenters. The molecule has 2 aliphatic rings. The molecule has 1 saturated heterocycles. The summed E-state index contributed by atoms with van der Waals surface area (Å²) in [7, 11) is 0. The number of hydrogen-bond acceptors (Lipinski definition) is 9. The Labute approximate surface area is 102 Å². The van der Waals surface area contributed by atoms with Gasteiger partial charge in [0, 0.05) is 0 Å². The molecule has 1 fully saturated rings. The van der Waals surface area contributed by atoms with E-state index in [2.05, 4.69) is 16.7 Å². The third-order valence-electron chi connectivity index (χ3n) is 2.69. The lowest BCUT2D eigenvalue weighted by Gasteiger charge is -2.28. The molecule has 0 spiro atoms. The Hall–Kier alpha value is -1.52. The lowest BCUT2D eigenvalue weighted by atomic mass is 10.1. The molecular formula is C9H14N4O5. The molecule has 100 valence electrons. The molecule has 0 aromatic rings. The van der Waals surface area contributed by atoms with E-state index in [1.807, 2.05) is 0 Å². The number of aliphatic imine (C=N–C) groups is 1. The fourth-order valence-corrected chi connectivity index (χ4v) is 1.75. The van der Waals surface area contributed by atoms with Gasteiger partial charge in [0.1, 0.15) is 24.1 Å². The highest BCUT2D eigenvalue weighted by Crippen LogP contribution is 2.27. The number of nitrogens with zero attached hydrogens (tertiary/aromatic N) is 3. The molecule has 1 unspecified atom stereocenters. The summed E-state index contributed by atoms with van der Waals surface area (Å²) in [6.07, 6.45) is -3.16. The second kappa shape index (κ2) is 5.00. The molecule has 0 aromatic heterocycles. The van der Waals surface area contributed by atoms with Crippen molar-refractivity contribution in [3.63, 3.8) is 0 Å². The van der Waals surface area contributed by atoms with Crippen LogP contribution in [-0.2, 0) is 4.74 Å². The van der Waals surface area contributed by atoms with E-state index in [0.717, 1.165) is 5.01 Å². The van der Waals surface area contributed by atoms with Crippen LogP contribution in [0.25, 0.3) is 0 Å². The van der Waals surface area contributed by atoms with Gasteiger partial charge < -0.3 is 20.1 Å². The predicted octanol–water partition coefficient (Wildman–Crippen LogP) is -2.42. The molecule has 0 aromatic carbocycles. The molecule has 2 rings (SSSR count). The zero-order valence-corrected chi connectivity index (χ0v) is 9.34. The van der Waals surface area contributed by atoms with Crippen molar-refractivity contribution in [2.75, 3.05) is 6.61 Å². The highest BCUT2D eigenvalue weighted by atomic mass is 16.6. The monoisotopic (exact) mass is 258 g/mol. The Balaban J connectivity index is 2.13. The molecule has 2 heterocycles. The summed E-state index contributed by atoms with van der Waals surface area (Å²) in [5.41, 5.74) is 1.81. The quantitative estimate of drug-likeness (QED) is 0.348. The van der Waals surface area contributed by atoms with Crippen molar-refractivity contribution in [3.8, 4) is 0 Å². The van der Waals surface area contributed by atoms with E-state index in [0.29, 0.717) is 0 Å². The van der Waals surface area contributed by atoms with Crippen molar-refractivity contribution >= 4 is 12.1 Å². The Bertz CT molecular complexity index is 398. The van der Waals surface area contributed by atoms with Crippen LogP contribution in [0.1, 0.15) is 0 Å². The Kier molecular flexibility index (Phi) is 3.59. The van der Waals surface area contributed by atoms with Gasteiger partial charge in [0.2, 0.25) is 0 Å². The number of ether oxygens (including phenoxy) is 1. The van der Waals surface area contributed by atoms with Gasteiger partial charge in [-0.05, 0) is 0 Å². The number of amidine groups is 1. The maximum absolute atomic E-state index is 9.80. The van der Waals surface area contributed by atoms with Gasteiger partial charge in [0.05, 0.1) is 12.8 Å². The van der Waals surface area contributed by atoms with Gasteiger partial charge in [0.25, 0.3) is 0 Å². The minimum atomic E-state index is -1.25. The molecule has 2 aliphatic heterocycles. The molecular weight excluding hydrogens is 244 g/mol. The first-order chi connectivity index (χ1) is 8.58. The lowest BCUT2D eigenvalue weighted by molar-refractivity contribution is -0.0843. The number of rotatable bonds is 2. The van der Waals surface area contributed by atoms with Gasteiger partial charge in [-0.3, -0.25) is 10.7 Å². The summed E-state index contributed by atoms with van der Waals surface area (Å²) in [5, 5.41) is 42.1. The molecule has 9 heteroatoms.